The van der Waals surface area contributed by atoms with Crippen LogP contribution in [0.1, 0.15) is 37.7 Å². The summed E-state index contributed by atoms with van der Waals surface area (Å²) < 4.78 is 5.41. The van der Waals surface area contributed by atoms with Crippen LogP contribution in [0.15, 0.2) is 30.3 Å². The molecule has 1 N–H and O–H groups in total. The Balaban J connectivity index is 1.16. The summed E-state index contributed by atoms with van der Waals surface area (Å²) in [6, 6.07) is 10.4. The molecule has 1 aromatic carbocycles. The zero-order valence-electron chi connectivity index (χ0n) is 17.4. The molecule has 2 saturated heterocycles. The van der Waals surface area contributed by atoms with E-state index >= 15 is 0 Å². The van der Waals surface area contributed by atoms with Gasteiger partial charge in [-0.2, -0.15) is 0 Å². The molecule has 0 spiro atoms. The molecule has 158 valence electrons. The molecule has 0 radical (unpaired) electrons. The molecule has 0 atom stereocenters. The number of carbonyl (C=O) groups excluding carboxylic acids is 2. The van der Waals surface area contributed by atoms with E-state index < -0.39 is 0 Å². The van der Waals surface area contributed by atoms with E-state index in [4.69, 9.17) is 4.74 Å². The van der Waals surface area contributed by atoms with E-state index in [0.717, 1.165) is 58.0 Å². The lowest BCUT2D eigenvalue weighted by Gasteiger charge is -2.50. The van der Waals surface area contributed by atoms with E-state index in [0.29, 0.717) is 6.42 Å². The van der Waals surface area contributed by atoms with Crippen molar-refractivity contribution in [1.29, 1.82) is 0 Å². The van der Waals surface area contributed by atoms with Gasteiger partial charge in [-0.05, 0) is 43.6 Å². The molecule has 2 heterocycles. The molecule has 3 fully saturated rings. The van der Waals surface area contributed by atoms with Gasteiger partial charge in [0.1, 0.15) is 0 Å². The largest absolute Gasteiger partial charge is 0.384 e. The van der Waals surface area contributed by atoms with Crippen molar-refractivity contribution in [3.8, 4) is 0 Å². The number of likely N-dealkylation sites (tertiary alicyclic amines) is 2. The van der Waals surface area contributed by atoms with Crippen LogP contribution in [0.5, 0.6) is 0 Å². The number of rotatable bonds is 7. The molecule has 3 aliphatic rings. The highest BCUT2D eigenvalue weighted by molar-refractivity contribution is 5.77. The standard InChI is InChI=1S/C23H33N3O3/c1-29-17-23(19-8-9-19)15-26(16-23)22(28)24-20-11-13-25(14-12-20)21(27)10-7-18-5-3-2-4-6-18/h2-6,19-20H,7-17H2,1H3,(H,24,28). The van der Waals surface area contributed by atoms with Crippen molar-refractivity contribution in [2.75, 3.05) is 39.9 Å². The summed E-state index contributed by atoms with van der Waals surface area (Å²) >= 11 is 0. The average molecular weight is 400 g/mol. The number of piperidine rings is 1. The monoisotopic (exact) mass is 399 g/mol. The highest BCUT2D eigenvalue weighted by atomic mass is 16.5. The number of aryl methyl sites for hydroxylation is 1. The van der Waals surface area contributed by atoms with Gasteiger partial charge in [0.2, 0.25) is 5.91 Å². The third-order valence-electron chi connectivity index (χ3n) is 6.82. The van der Waals surface area contributed by atoms with Gasteiger partial charge in [-0.25, -0.2) is 4.79 Å². The summed E-state index contributed by atoms with van der Waals surface area (Å²) in [5, 5.41) is 3.19. The molecule has 0 bridgehead atoms. The SMILES string of the molecule is COCC1(C2CC2)CN(C(=O)NC2CCN(C(=O)CCc3ccccc3)CC2)C1. The van der Waals surface area contributed by atoms with Gasteiger partial charge in [-0.15, -0.1) is 0 Å². The highest BCUT2D eigenvalue weighted by Crippen LogP contribution is 2.51. The minimum absolute atomic E-state index is 0.0474. The van der Waals surface area contributed by atoms with E-state index in [2.05, 4.69) is 17.4 Å². The third-order valence-corrected chi connectivity index (χ3v) is 6.82. The van der Waals surface area contributed by atoms with Crippen molar-refractivity contribution in [3.05, 3.63) is 35.9 Å². The van der Waals surface area contributed by atoms with E-state index in [1.807, 2.05) is 28.0 Å². The van der Waals surface area contributed by atoms with E-state index in [1.165, 1.54) is 18.4 Å². The van der Waals surface area contributed by atoms with Crippen LogP contribution in [0.25, 0.3) is 0 Å². The Labute approximate surface area is 173 Å². The fraction of sp³-hybridized carbons (Fsp3) is 0.652. The summed E-state index contributed by atoms with van der Waals surface area (Å²) in [6.45, 7) is 3.84. The second-order valence-electron chi connectivity index (χ2n) is 9.02. The molecule has 0 aromatic heterocycles. The summed E-state index contributed by atoms with van der Waals surface area (Å²) in [5.41, 5.74) is 1.40. The molecular formula is C23H33N3O3. The van der Waals surface area contributed by atoms with Crippen LogP contribution >= 0.6 is 0 Å². The normalized spacial score (nSPS) is 21.6. The zero-order chi connectivity index (χ0) is 20.3. The van der Waals surface area contributed by atoms with Crippen LogP contribution in [0, 0.1) is 11.3 Å². The number of urea groups is 1. The summed E-state index contributed by atoms with van der Waals surface area (Å²) in [4.78, 5) is 29.0. The lowest BCUT2D eigenvalue weighted by Crippen LogP contribution is -2.64. The Hall–Kier alpha value is -2.08. The molecule has 1 aromatic rings. The molecule has 3 amide bonds. The molecule has 6 heteroatoms. The van der Waals surface area contributed by atoms with Gasteiger partial charge >= 0.3 is 6.03 Å². The fourth-order valence-corrected chi connectivity index (χ4v) is 4.90. The Morgan fingerprint density at radius 2 is 1.76 bits per heavy atom. The molecule has 4 rings (SSSR count). The molecule has 6 nitrogen and oxygen atoms in total. The molecule has 29 heavy (non-hydrogen) atoms. The number of nitrogens with zero attached hydrogens (tertiary/aromatic N) is 2. The smallest absolute Gasteiger partial charge is 0.317 e. The number of ether oxygens (including phenoxy) is 1. The first-order valence-corrected chi connectivity index (χ1v) is 11.0. The third kappa shape index (κ3) is 4.74. The van der Waals surface area contributed by atoms with Crippen LogP contribution in [0.3, 0.4) is 0 Å². The summed E-state index contributed by atoms with van der Waals surface area (Å²) in [6.07, 6.45) is 5.56. The Morgan fingerprint density at radius 1 is 1.07 bits per heavy atom. The first kappa shape index (κ1) is 20.2. The van der Waals surface area contributed by atoms with Gasteiger partial charge in [-0.1, -0.05) is 30.3 Å². The number of hydrogen-bond acceptors (Lipinski definition) is 3. The number of amides is 3. The highest BCUT2D eigenvalue weighted by Gasteiger charge is 2.54. The molecule has 2 aliphatic heterocycles. The number of nitrogens with one attached hydrogen (secondary N) is 1. The quantitative estimate of drug-likeness (QED) is 0.767. The minimum Gasteiger partial charge on any atom is -0.384 e. The van der Waals surface area contributed by atoms with Crippen molar-refractivity contribution in [3.63, 3.8) is 0 Å². The van der Waals surface area contributed by atoms with Crippen molar-refractivity contribution in [1.82, 2.24) is 15.1 Å². The molecule has 1 aliphatic carbocycles. The average Bonchev–Trinajstić information content (AvgIpc) is 3.55. The molecule has 1 saturated carbocycles. The van der Waals surface area contributed by atoms with Crippen molar-refractivity contribution < 1.29 is 14.3 Å². The van der Waals surface area contributed by atoms with Crippen molar-refractivity contribution >= 4 is 11.9 Å². The topological polar surface area (TPSA) is 61.9 Å². The van der Waals surface area contributed by atoms with Crippen LogP contribution in [0.4, 0.5) is 4.79 Å². The van der Waals surface area contributed by atoms with Crippen molar-refractivity contribution in [2.24, 2.45) is 11.3 Å². The van der Waals surface area contributed by atoms with Gasteiger partial charge in [0, 0.05) is 51.2 Å². The van der Waals surface area contributed by atoms with Gasteiger partial charge in [0.05, 0.1) is 6.61 Å². The first-order valence-electron chi connectivity index (χ1n) is 11.0. The number of carbonyl (C=O) groups is 2. The van der Waals surface area contributed by atoms with Crippen LogP contribution in [-0.2, 0) is 16.0 Å². The Kier molecular flexibility index (Phi) is 6.09. The lowest BCUT2D eigenvalue weighted by atomic mass is 9.76. The number of benzene rings is 1. The molecule has 0 unspecified atom stereocenters. The van der Waals surface area contributed by atoms with E-state index in [9.17, 15) is 9.59 Å². The van der Waals surface area contributed by atoms with Crippen LogP contribution in [0.2, 0.25) is 0 Å². The number of hydrogen-bond donors (Lipinski definition) is 1. The minimum atomic E-state index is 0.0474. The van der Waals surface area contributed by atoms with Crippen molar-refractivity contribution in [2.45, 2.75) is 44.6 Å². The fourth-order valence-electron chi connectivity index (χ4n) is 4.90. The van der Waals surface area contributed by atoms with Gasteiger partial charge in [0.15, 0.2) is 0 Å². The first-order chi connectivity index (χ1) is 14.1. The van der Waals surface area contributed by atoms with Crippen LogP contribution < -0.4 is 5.32 Å². The predicted octanol–water partition coefficient (Wildman–Crippen LogP) is 2.68. The lowest BCUT2D eigenvalue weighted by molar-refractivity contribution is -0.132. The van der Waals surface area contributed by atoms with Gasteiger partial charge < -0.3 is 19.9 Å². The van der Waals surface area contributed by atoms with Gasteiger partial charge in [0.25, 0.3) is 0 Å². The Morgan fingerprint density at radius 3 is 2.38 bits per heavy atom. The maximum absolute atomic E-state index is 12.6. The maximum atomic E-state index is 12.6. The number of methoxy groups -OCH3 is 1. The second-order valence-corrected chi connectivity index (χ2v) is 9.02. The zero-order valence-corrected chi connectivity index (χ0v) is 17.4. The second kappa shape index (κ2) is 8.74. The summed E-state index contributed by atoms with van der Waals surface area (Å²) in [7, 11) is 1.75. The van der Waals surface area contributed by atoms with Crippen LogP contribution in [-0.4, -0.2) is 67.7 Å². The molecular weight excluding hydrogens is 366 g/mol. The maximum Gasteiger partial charge on any atom is 0.317 e. The summed E-state index contributed by atoms with van der Waals surface area (Å²) in [5.74, 6) is 0.951. The van der Waals surface area contributed by atoms with E-state index in [1.54, 1.807) is 7.11 Å². The van der Waals surface area contributed by atoms with E-state index in [-0.39, 0.29) is 23.4 Å². The predicted molar refractivity (Wildman–Crippen MR) is 112 cm³/mol. The Bertz CT molecular complexity index is 705. The van der Waals surface area contributed by atoms with Gasteiger partial charge in [-0.3, -0.25) is 4.79 Å².